The highest BCUT2D eigenvalue weighted by Gasteiger charge is 2.23. The van der Waals surface area contributed by atoms with E-state index in [1.807, 2.05) is 24.0 Å². The molecule has 1 saturated heterocycles. The Kier molecular flexibility index (Phi) is 5.81. The van der Waals surface area contributed by atoms with Gasteiger partial charge in [0.05, 0.1) is 5.75 Å². The lowest BCUT2D eigenvalue weighted by atomic mass is 10.1. The van der Waals surface area contributed by atoms with E-state index in [1.165, 1.54) is 10.8 Å². The Labute approximate surface area is 152 Å². The molecule has 0 unspecified atom stereocenters. The SMILES string of the molecule is CCNC(=O)N1CCN(C(=O)CSc2ccc3ccccc3c2)CC1. The van der Waals surface area contributed by atoms with E-state index in [0.29, 0.717) is 38.5 Å². The van der Waals surface area contributed by atoms with Crippen molar-refractivity contribution >= 4 is 34.5 Å². The minimum absolute atomic E-state index is 0.0415. The van der Waals surface area contributed by atoms with E-state index in [4.69, 9.17) is 0 Å². The number of urea groups is 1. The van der Waals surface area contributed by atoms with Crippen LogP contribution >= 0.6 is 11.8 Å². The topological polar surface area (TPSA) is 52.7 Å². The molecule has 2 aromatic rings. The van der Waals surface area contributed by atoms with Crippen LogP contribution in [-0.2, 0) is 4.79 Å². The molecule has 1 aliphatic rings. The largest absolute Gasteiger partial charge is 0.338 e. The average molecular weight is 357 g/mol. The third-order valence-corrected chi connectivity index (χ3v) is 5.31. The monoisotopic (exact) mass is 357 g/mol. The molecular weight excluding hydrogens is 334 g/mol. The molecule has 0 bridgehead atoms. The van der Waals surface area contributed by atoms with E-state index in [1.54, 1.807) is 16.7 Å². The lowest BCUT2D eigenvalue weighted by Gasteiger charge is -2.34. The van der Waals surface area contributed by atoms with Crippen molar-refractivity contribution in [3.63, 3.8) is 0 Å². The Morgan fingerprint density at radius 2 is 1.68 bits per heavy atom. The number of fused-ring (bicyclic) bond motifs is 1. The number of benzene rings is 2. The van der Waals surface area contributed by atoms with Crippen molar-refractivity contribution in [2.24, 2.45) is 0 Å². The van der Waals surface area contributed by atoms with E-state index in [-0.39, 0.29) is 11.9 Å². The molecule has 6 heteroatoms. The first-order valence-corrected chi connectivity index (χ1v) is 9.58. The highest BCUT2D eigenvalue weighted by atomic mass is 32.2. The third kappa shape index (κ3) is 4.45. The number of nitrogens with one attached hydrogen (secondary N) is 1. The first-order valence-electron chi connectivity index (χ1n) is 8.59. The zero-order valence-corrected chi connectivity index (χ0v) is 15.2. The van der Waals surface area contributed by atoms with Crippen molar-refractivity contribution in [3.05, 3.63) is 42.5 Å². The number of nitrogens with zero attached hydrogens (tertiary/aromatic N) is 2. The smallest absolute Gasteiger partial charge is 0.317 e. The Morgan fingerprint density at radius 3 is 2.40 bits per heavy atom. The Balaban J connectivity index is 1.50. The molecule has 2 aromatic carbocycles. The number of carbonyl (C=O) groups is 2. The fraction of sp³-hybridized carbons (Fsp3) is 0.368. The summed E-state index contributed by atoms with van der Waals surface area (Å²) in [5.41, 5.74) is 0. The van der Waals surface area contributed by atoms with Crippen LogP contribution in [0.1, 0.15) is 6.92 Å². The van der Waals surface area contributed by atoms with Crippen LogP contribution in [0.2, 0.25) is 0 Å². The maximum absolute atomic E-state index is 12.4. The van der Waals surface area contributed by atoms with Gasteiger partial charge in [0, 0.05) is 37.6 Å². The van der Waals surface area contributed by atoms with Gasteiger partial charge in [-0.05, 0) is 29.8 Å². The Morgan fingerprint density at radius 1 is 1.00 bits per heavy atom. The van der Waals surface area contributed by atoms with E-state index in [2.05, 4.69) is 35.6 Å². The summed E-state index contributed by atoms with van der Waals surface area (Å²) in [4.78, 5) is 28.9. The van der Waals surface area contributed by atoms with Gasteiger partial charge in [0.2, 0.25) is 5.91 Å². The number of amides is 3. The lowest BCUT2D eigenvalue weighted by Crippen LogP contribution is -2.53. The minimum Gasteiger partial charge on any atom is -0.338 e. The van der Waals surface area contributed by atoms with Crippen LogP contribution in [0, 0.1) is 0 Å². The van der Waals surface area contributed by atoms with Gasteiger partial charge in [-0.2, -0.15) is 0 Å². The molecule has 3 rings (SSSR count). The summed E-state index contributed by atoms with van der Waals surface area (Å²) in [7, 11) is 0. The van der Waals surface area contributed by atoms with Crippen molar-refractivity contribution in [2.45, 2.75) is 11.8 Å². The summed E-state index contributed by atoms with van der Waals surface area (Å²) < 4.78 is 0. The molecule has 1 N–H and O–H groups in total. The predicted molar refractivity (Wildman–Crippen MR) is 102 cm³/mol. The standard InChI is InChI=1S/C19H23N3O2S/c1-2-20-19(24)22-11-9-21(10-12-22)18(23)14-25-17-8-7-15-5-3-4-6-16(15)13-17/h3-8,13H,2,9-12,14H2,1H3,(H,20,24). The molecule has 3 amide bonds. The van der Waals surface area contributed by atoms with Crippen LogP contribution < -0.4 is 5.32 Å². The number of carbonyl (C=O) groups excluding carboxylic acids is 2. The number of piperazine rings is 1. The number of hydrogen-bond acceptors (Lipinski definition) is 3. The number of thioether (sulfide) groups is 1. The zero-order valence-electron chi connectivity index (χ0n) is 14.4. The second-order valence-electron chi connectivity index (χ2n) is 6.00. The zero-order chi connectivity index (χ0) is 17.6. The lowest BCUT2D eigenvalue weighted by molar-refractivity contribution is -0.129. The van der Waals surface area contributed by atoms with Crippen LogP contribution in [0.15, 0.2) is 47.4 Å². The van der Waals surface area contributed by atoms with E-state index in [0.717, 1.165) is 4.90 Å². The van der Waals surface area contributed by atoms with Crippen molar-refractivity contribution < 1.29 is 9.59 Å². The van der Waals surface area contributed by atoms with Crippen LogP contribution in [0.3, 0.4) is 0 Å². The molecule has 1 aliphatic heterocycles. The summed E-state index contributed by atoms with van der Waals surface area (Å²) in [6.07, 6.45) is 0. The average Bonchev–Trinajstić information content (AvgIpc) is 2.66. The minimum atomic E-state index is -0.0415. The number of hydrogen-bond donors (Lipinski definition) is 1. The van der Waals surface area contributed by atoms with Crippen LogP contribution in [0.4, 0.5) is 4.79 Å². The van der Waals surface area contributed by atoms with Crippen molar-refractivity contribution in [3.8, 4) is 0 Å². The Bertz CT molecular complexity index is 757. The molecule has 5 nitrogen and oxygen atoms in total. The third-order valence-electron chi connectivity index (χ3n) is 4.33. The summed E-state index contributed by atoms with van der Waals surface area (Å²) in [5, 5.41) is 5.20. The van der Waals surface area contributed by atoms with Gasteiger partial charge in [-0.15, -0.1) is 11.8 Å². The van der Waals surface area contributed by atoms with Crippen molar-refractivity contribution in [1.82, 2.24) is 15.1 Å². The fourth-order valence-corrected chi connectivity index (χ4v) is 3.76. The predicted octanol–water partition coefficient (Wildman–Crippen LogP) is 2.81. The van der Waals surface area contributed by atoms with E-state index < -0.39 is 0 Å². The molecule has 0 aliphatic carbocycles. The summed E-state index contributed by atoms with van der Waals surface area (Å²) in [6, 6.07) is 14.5. The Hall–Kier alpha value is -2.21. The highest BCUT2D eigenvalue weighted by Crippen LogP contribution is 2.24. The molecule has 0 aromatic heterocycles. The van der Waals surface area contributed by atoms with E-state index in [9.17, 15) is 9.59 Å². The molecule has 1 fully saturated rings. The van der Waals surface area contributed by atoms with Gasteiger partial charge in [0.1, 0.15) is 0 Å². The maximum Gasteiger partial charge on any atom is 0.317 e. The van der Waals surface area contributed by atoms with Gasteiger partial charge in [-0.3, -0.25) is 4.79 Å². The summed E-state index contributed by atoms with van der Waals surface area (Å²) in [6.45, 7) is 4.93. The van der Waals surface area contributed by atoms with Gasteiger partial charge in [0.25, 0.3) is 0 Å². The van der Waals surface area contributed by atoms with Gasteiger partial charge in [-0.25, -0.2) is 4.79 Å². The van der Waals surface area contributed by atoms with Gasteiger partial charge < -0.3 is 15.1 Å². The molecule has 1 heterocycles. The second-order valence-corrected chi connectivity index (χ2v) is 7.05. The molecule has 0 atom stereocenters. The molecule has 0 spiro atoms. The van der Waals surface area contributed by atoms with Gasteiger partial charge >= 0.3 is 6.03 Å². The quantitative estimate of drug-likeness (QED) is 0.856. The molecule has 132 valence electrons. The van der Waals surface area contributed by atoms with Gasteiger partial charge in [0.15, 0.2) is 0 Å². The van der Waals surface area contributed by atoms with Crippen LogP contribution in [0.5, 0.6) is 0 Å². The van der Waals surface area contributed by atoms with Gasteiger partial charge in [-0.1, -0.05) is 30.3 Å². The maximum atomic E-state index is 12.4. The first kappa shape index (κ1) is 17.6. The van der Waals surface area contributed by atoms with Crippen LogP contribution in [0.25, 0.3) is 10.8 Å². The second kappa shape index (κ2) is 8.25. The fourth-order valence-electron chi connectivity index (χ4n) is 2.92. The van der Waals surface area contributed by atoms with E-state index >= 15 is 0 Å². The molecular formula is C19H23N3O2S. The molecule has 25 heavy (non-hydrogen) atoms. The normalized spacial score (nSPS) is 14.6. The first-order chi connectivity index (χ1) is 12.2. The summed E-state index contributed by atoms with van der Waals surface area (Å²) >= 11 is 1.57. The molecule has 0 radical (unpaired) electrons. The highest BCUT2D eigenvalue weighted by molar-refractivity contribution is 8.00. The van der Waals surface area contributed by atoms with Crippen molar-refractivity contribution in [2.75, 3.05) is 38.5 Å². The molecule has 0 saturated carbocycles. The number of rotatable bonds is 4. The van der Waals surface area contributed by atoms with Crippen molar-refractivity contribution in [1.29, 1.82) is 0 Å². The summed E-state index contributed by atoms with van der Waals surface area (Å²) in [5.74, 6) is 0.563. The van der Waals surface area contributed by atoms with Crippen LogP contribution in [-0.4, -0.2) is 60.2 Å².